The predicted octanol–water partition coefficient (Wildman–Crippen LogP) is 4.55. The molecule has 0 aliphatic rings. The molecule has 25 heavy (non-hydrogen) atoms. The van der Waals surface area contributed by atoms with Crippen LogP contribution in [0.15, 0.2) is 60.7 Å². The number of halogens is 1. The van der Waals surface area contributed by atoms with E-state index < -0.39 is 0 Å². The minimum Gasteiger partial charge on any atom is -0.507 e. The second-order valence-corrected chi connectivity index (χ2v) is 5.95. The fourth-order valence-electron chi connectivity index (χ4n) is 2.86. The van der Waals surface area contributed by atoms with E-state index in [0.29, 0.717) is 16.2 Å². The van der Waals surface area contributed by atoms with Crippen molar-refractivity contribution in [2.75, 3.05) is 5.32 Å². The fourth-order valence-corrected chi connectivity index (χ4v) is 2.99. The van der Waals surface area contributed by atoms with Gasteiger partial charge in [-0.1, -0.05) is 29.8 Å². The van der Waals surface area contributed by atoms with Gasteiger partial charge < -0.3 is 15.4 Å². The van der Waals surface area contributed by atoms with Crippen LogP contribution in [0.4, 0.5) is 5.69 Å². The van der Waals surface area contributed by atoms with E-state index in [2.05, 4.69) is 10.3 Å². The van der Waals surface area contributed by atoms with Crippen LogP contribution in [0.25, 0.3) is 21.8 Å². The first-order valence-electron chi connectivity index (χ1n) is 7.43. The maximum atomic E-state index is 12.7. The van der Waals surface area contributed by atoms with Crippen molar-refractivity contribution in [2.24, 2.45) is 0 Å². The molecule has 0 atom stereocenters. The summed E-state index contributed by atoms with van der Waals surface area (Å²) in [5, 5.41) is 15.5. The van der Waals surface area contributed by atoms with E-state index >= 15 is 0 Å². The number of phenolic OH excluding ortho intramolecular Hbond substituents is 1. The van der Waals surface area contributed by atoms with E-state index in [-0.39, 0.29) is 46.8 Å². The first-order valence-corrected chi connectivity index (χ1v) is 7.80. The summed E-state index contributed by atoms with van der Waals surface area (Å²) in [6, 6.07) is 17.9. The molecule has 6 heteroatoms. The van der Waals surface area contributed by atoms with Crippen LogP contribution in [0.1, 0.15) is 10.4 Å². The minimum atomic E-state index is -0.382. The number of phenols is 1. The Kier molecular flexibility index (Phi) is 5.06. The van der Waals surface area contributed by atoms with Crippen molar-refractivity contribution in [3.05, 3.63) is 71.2 Å². The van der Waals surface area contributed by atoms with Gasteiger partial charge in [0.15, 0.2) is 0 Å². The molecule has 1 radical (unpaired) electrons. The number of fused-ring (bicyclic) bond motifs is 3. The van der Waals surface area contributed by atoms with Crippen LogP contribution in [-0.4, -0.2) is 45.6 Å². The van der Waals surface area contributed by atoms with Gasteiger partial charge in [0.2, 0.25) is 0 Å². The van der Waals surface area contributed by atoms with E-state index in [0.717, 1.165) is 16.3 Å². The molecule has 4 aromatic rings. The number of para-hydroxylation sites is 1. The smallest absolute Gasteiger partial charge is 0.261 e. The predicted molar refractivity (Wildman–Crippen MR) is 103 cm³/mol. The minimum absolute atomic E-state index is 0. The Morgan fingerprint density at radius 3 is 2.44 bits per heavy atom. The van der Waals surface area contributed by atoms with Crippen LogP contribution < -0.4 is 5.32 Å². The number of nitrogens with one attached hydrogen (secondary N) is 2. The van der Waals surface area contributed by atoms with Gasteiger partial charge in [-0.2, -0.15) is 0 Å². The van der Waals surface area contributed by atoms with Crippen molar-refractivity contribution >= 4 is 74.6 Å². The van der Waals surface area contributed by atoms with Crippen molar-refractivity contribution in [2.45, 2.75) is 0 Å². The molecule has 0 aliphatic carbocycles. The number of aromatic nitrogens is 1. The first-order chi connectivity index (χ1) is 11.6. The molecule has 0 saturated carbocycles. The second-order valence-electron chi connectivity index (χ2n) is 5.51. The maximum Gasteiger partial charge on any atom is 0.261 e. The van der Waals surface area contributed by atoms with Gasteiger partial charge in [-0.25, -0.2) is 0 Å². The number of anilines is 1. The Bertz CT molecular complexity index is 1070. The van der Waals surface area contributed by atoms with Gasteiger partial charge in [-0.3, -0.25) is 4.79 Å². The SMILES string of the molecule is O=C(Nc1ccc(Cl)cc1)c1c(O)ccc2c1[nH]c1ccccc12.[Na]. The Hall–Kier alpha value is -1.98. The average molecular weight is 360 g/mol. The quantitative estimate of drug-likeness (QED) is 0.460. The number of aromatic hydroxyl groups is 1. The first kappa shape index (κ1) is 17.8. The van der Waals surface area contributed by atoms with Crippen LogP contribution in [0.3, 0.4) is 0 Å². The van der Waals surface area contributed by atoms with Crippen molar-refractivity contribution in [3.8, 4) is 5.75 Å². The molecule has 1 heterocycles. The zero-order valence-corrected chi connectivity index (χ0v) is 16.3. The van der Waals surface area contributed by atoms with Crippen molar-refractivity contribution in [1.82, 2.24) is 4.98 Å². The van der Waals surface area contributed by atoms with Gasteiger partial charge in [0.05, 0.1) is 5.52 Å². The molecular formula is C19H13ClN2NaO2. The zero-order chi connectivity index (χ0) is 16.7. The van der Waals surface area contributed by atoms with Crippen LogP contribution >= 0.6 is 11.6 Å². The van der Waals surface area contributed by atoms with Gasteiger partial charge in [0.1, 0.15) is 11.3 Å². The number of H-pyrrole nitrogens is 1. The Balaban J connectivity index is 0.00000182. The van der Waals surface area contributed by atoms with Gasteiger partial charge >= 0.3 is 0 Å². The van der Waals surface area contributed by atoms with Gasteiger partial charge in [-0.15, -0.1) is 0 Å². The van der Waals surface area contributed by atoms with Crippen LogP contribution in [-0.2, 0) is 0 Å². The Morgan fingerprint density at radius 1 is 0.960 bits per heavy atom. The van der Waals surface area contributed by atoms with Crippen molar-refractivity contribution in [1.29, 1.82) is 0 Å². The van der Waals surface area contributed by atoms with Crippen LogP contribution in [0.5, 0.6) is 5.75 Å². The fraction of sp³-hybridized carbons (Fsp3) is 0. The number of amides is 1. The molecule has 3 aromatic carbocycles. The molecule has 0 bridgehead atoms. The van der Waals surface area contributed by atoms with Crippen molar-refractivity contribution in [3.63, 3.8) is 0 Å². The molecule has 4 rings (SSSR count). The van der Waals surface area contributed by atoms with E-state index in [4.69, 9.17) is 11.6 Å². The van der Waals surface area contributed by atoms with Crippen LogP contribution in [0, 0.1) is 0 Å². The zero-order valence-electron chi connectivity index (χ0n) is 13.5. The normalized spacial score (nSPS) is 10.6. The monoisotopic (exact) mass is 359 g/mol. The number of carbonyl (C=O) groups excluding carboxylic acids is 1. The number of hydrogen-bond donors (Lipinski definition) is 3. The molecule has 3 N–H and O–H groups in total. The van der Waals surface area contributed by atoms with Crippen LogP contribution in [0.2, 0.25) is 5.02 Å². The third-order valence-electron chi connectivity index (χ3n) is 3.99. The molecular weight excluding hydrogens is 347 g/mol. The van der Waals surface area contributed by atoms with E-state index in [1.54, 1.807) is 30.3 Å². The molecule has 0 aliphatic heterocycles. The number of benzene rings is 3. The summed E-state index contributed by atoms with van der Waals surface area (Å²) in [4.78, 5) is 15.9. The summed E-state index contributed by atoms with van der Waals surface area (Å²) in [5.74, 6) is -0.451. The average Bonchev–Trinajstić information content (AvgIpc) is 2.95. The largest absolute Gasteiger partial charge is 0.507 e. The molecule has 0 unspecified atom stereocenters. The van der Waals surface area contributed by atoms with E-state index in [1.807, 2.05) is 30.3 Å². The molecule has 0 spiro atoms. The second kappa shape index (κ2) is 7.10. The molecule has 4 nitrogen and oxygen atoms in total. The topological polar surface area (TPSA) is 65.1 Å². The summed E-state index contributed by atoms with van der Waals surface area (Å²) >= 11 is 5.86. The molecule has 119 valence electrons. The van der Waals surface area contributed by atoms with Crippen molar-refractivity contribution < 1.29 is 9.90 Å². The molecule has 0 saturated heterocycles. The van der Waals surface area contributed by atoms with E-state index in [9.17, 15) is 9.90 Å². The summed E-state index contributed by atoms with van der Waals surface area (Å²) in [6.45, 7) is 0. The van der Waals surface area contributed by atoms with Gasteiger partial charge in [0.25, 0.3) is 5.91 Å². The maximum absolute atomic E-state index is 12.7. The van der Waals surface area contributed by atoms with Gasteiger partial charge in [0, 0.05) is 56.6 Å². The number of aromatic amines is 1. The number of hydrogen-bond acceptors (Lipinski definition) is 2. The van der Waals surface area contributed by atoms with E-state index in [1.165, 1.54) is 0 Å². The summed E-state index contributed by atoms with van der Waals surface area (Å²) in [5.41, 5.74) is 2.36. The molecule has 1 amide bonds. The molecule has 1 aromatic heterocycles. The number of carbonyl (C=O) groups is 1. The molecule has 0 fully saturated rings. The third-order valence-corrected chi connectivity index (χ3v) is 4.24. The van der Waals surface area contributed by atoms with Gasteiger partial charge in [-0.05, 0) is 42.5 Å². The number of rotatable bonds is 2. The Morgan fingerprint density at radius 2 is 1.68 bits per heavy atom. The summed E-state index contributed by atoms with van der Waals surface area (Å²) in [6.07, 6.45) is 0. The Labute approximate surface area is 171 Å². The standard InChI is InChI=1S/C19H13ClN2O2.Na/c20-11-5-7-12(8-6-11)21-19(24)17-16(23)10-9-14-13-3-1-2-4-15(13)22-18(14)17;/h1-10,22-23H,(H,21,24);. The third kappa shape index (κ3) is 3.26. The summed E-state index contributed by atoms with van der Waals surface area (Å²) < 4.78 is 0. The summed E-state index contributed by atoms with van der Waals surface area (Å²) in [7, 11) is 0.